The maximum Gasteiger partial charge on any atom is 0.286 e. The number of amides is 2. The van der Waals surface area contributed by atoms with Crippen LogP contribution in [0.1, 0.15) is 35.5 Å². The predicted octanol–water partition coefficient (Wildman–Crippen LogP) is 1.67. The van der Waals surface area contributed by atoms with Crippen molar-refractivity contribution in [2.75, 3.05) is 6.54 Å². The molecule has 1 unspecified atom stereocenters. The molecule has 2 aromatic heterocycles. The highest BCUT2D eigenvalue weighted by atomic mass is 16.3. The monoisotopic (exact) mass is 287 g/mol. The maximum atomic E-state index is 11.8. The van der Waals surface area contributed by atoms with Gasteiger partial charge in [-0.3, -0.25) is 14.6 Å². The molecule has 0 aromatic carbocycles. The van der Waals surface area contributed by atoms with Crippen molar-refractivity contribution < 1.29 is 14.0 Å². The molecule has 0 saturated heterocycles. The summed E-state index contributed by atoms with van der Waals surface area (Å²) in [6.07, 6.45) is 5.00. The number of carbonyl (C=O) groups is 2. The number of hydrogen-bond donors (Lipinski definition) is 2. The molecule has 110 valence electrons. The summed E-state index contributed by atoms with van der Waals surface area (Å²) in [6, 6.07) is 6.81. The van der Waals surface area contributed by atoms with Gasteiger partial charge in [-0.2, -0.15) is 0 Å². The molecule has 2 aromatic rings. The molecule has 0 radical (unpaired) electrons. The van der Waals surface area contributed by atoms with Crippen LogP contribution in [0.3, 0.4) is 0 Å². The van der Waals surface area contributed by atoms with Gasteiger partial charge in [0.2, 0.25) is 5.91 Å². The lowest BCUT2D eigenvalue weighted by molar-refractivity contribution is -0.121. The van der Waals surface area contributed by atoms with E-state index in [2.05, 4.69) is 15.6 Å². The topological polar surface area (TPSA) is 84.2 Å². The van der Waals surface area contributed by atoms with Crippen LogP contribution in [-0.4, -0.2) is 23.3 Å². The first-order chi connectivity index (χ1) is 10.2. The highest BCUT2D eigenvalue weighted by Gasteiger charge is 2.11. The van der Waals surface area contributed by atoms with E-state index in [1.165, 1.54) is 6.26 Å². The quantitative estimate of drug-likeness (QED) is 0.846. The molecule has 0 saturated carbocycles. The minimum atomic E-state index is -0.324. The highest BCUT2D eigenvalue weighted by Crippen LogP contribution is 2.09. The van der Waals surface area contributed by atoms with E-state index in [9.17, 15) is 9.59 Å². The fourth-order valence-corrected chi connectivity index (χ4v) is 1.83. The normalized spacial score (nSPS) is 11.7. The number of hydrogen-bond acceptors (Lipinski definition) is 4. The average Bonchev–Trinajstić information content (AvgIpc) is 3.02. The molecule has 0 fully saturated rings. The van der Waals surface area contributed by atoms with E-state index in [-0.39, 0.29) is 36.6 Å². The zero-order valence-corrected chi connectivity index (χ0v) is 11.7. The van der Waals surface area contributed by atoms with Crippen LogP contribution in [0.4, 0.5) is 0 Å². The van der Waals surface area contributed by atoms with E-state index in [1.54, 1.807) is 24.5 Å². The van der Waals surface area contributed by atoms with Crippen LogP contribution >= 0.6 is 0 Å². The minimum absolute atomic E-state index is 0.0960. The van der Waals surface area contributed by atoms with Crippen molar-refractivity contribution >= 4 is 11.8 Å². The number of nitrogens with one attached hydrogen (secondary N) is 2. The second-order valence-corrected chi connectivity index (χ2v) is 4.55. The third kappa shape index (κ3) is 4.45. The summed E-state index contributed by atoms with van der Waals surface area (Å²) < 4.78 is 4.96. The van der Waals surface area contributed by atoms with Crippen molar-refractivity contribution in [1.29, 1.82) is 0 Å². The Labute approximate surface area is 122 Å². The lowest BCUT2D eigenvalue weighted by Gasteiger charge is -2.14. The van der Waals surface area contributed by atoms with Crippen LogP contribution in [0.2, 0.25) is 0 Å². The van der Waals surface area contributed by atoms with Crippen molar-refractivity contribution in [1.82, 2.24) is 15.6 Å². The zero-order valence-electron chi connectivity index (χ0n) is 11.7. The third-order valence-corrected chi connectivity index (χ3v) is 2.97. The van der Waals surface area contributed by atoms with Gasteiger partial charge in [-0.25, -0.2) is 0 Å². The predicted molar refractivity (Wildman–Crippen MR) is 76.5 cm³/mol. The first kappa shape index (κ1) is 14.8. The van der Waals surface area contributed by atoms with Gasteiger partial charge >= 0.3 is 0 Å². The van der Waals surface area contributed by atoms with Crippen molar-refractivity contribution in [2.24, 2.45) is 0 Å². The summed E-state index contributed by atoms with van der Waals surface area (Å²) in [5.41, 5.74) is 0.984. The molecule has 21 heavy (non-hydrogen) atoms. The second kappa shape index (κ2) is 7.23. The molecule has 2 rings (SSSR count). The minimum Gasteiger partial charge on any atom is -0.459 e. The second-order valence-electron chi connectivity index (χ2n) is 4.55. The Morgan fingerprint density at radius 2 is 2.05 bits per heavy atom. The van der Waals surface area contributed by atoms with Gasteiger partial charge in [0.05, 0.1) is 12.3 Å². The summed E-state index contributed by atoms with van der Waals surface area (Å²) >= 11 is 0. The van der Waals surface area contributed by atoms with E-state index >= 15 is 0 Å². The van der Waals surface area contributed by atoms with Gasteiger partial charge in [-0.15, -0.1) is 0 Å². The van der Waals surface area contributed by atoms with Gasteiger partial charge in [-0.05, 0) is 36.8 Å². The van der Waals surface area contributed by atoms with E-state index < -0.39 is 0 Å². The maximum absolute atomic E-state index is 11.8. The number of nitrogens with zero attached hydrogens (tertiary/aromatic N) is 1. The number of rotatable bonds is 6. The molecule has 0 aliphatic carbocycles. The summed E-state index contributed by atoms with van der Waals surface area (Å²) in [5.74, 6) is -0.213. The average molecular weight is 287 g/mol. The van der Waals surface area contributed by atoms with Gasteiger partial charge in [0, 0.05) is 25.4 Å². The largest absolute Gasteiger partial charge is 0.459 e. The zero-order chi connectivity index (χ0) is 15.1. The number of aromatic nitrogens is 1. The van der Waals surface area contributed by atoms with E-state index in [0.29, 0.717) is 0 Å². The van der Waals surface area contributed by atoms with Gasteiger partial charge in [-0.1, -0.05) is 0 Å². The van der Waals surface area contributed by atoms with Crippen molar-refractivity contribution in [3.63, 3.8) is 0 Å². The molecule has 6 nitrogen and oxygen atoms in total. The van der Waals surface area contributed by atoms with Gasteiger partial charge in [0.15, 0.2) is 5.76 Å². The summed E-state index contributed by atoms with van der Waals surface area (Å²) in [6.45, 7) is 2.16. The van der Waals surface area contributed by atoms with Crippen LogP contribution in [0.5, 0.6) is 0 Å². The van der Waals surface area contributed by atoms with E-state index in [0.717, 1.165) is 5.56 Å². The van der Waals surface area contributed by atoms with Gasteiger partial charge < -0.3 is 15.1 Å². The molecule has 0 aliphatic heterocycles. The summed E-state index contributed by atoms with van der Waals surface area (Å²) in [7, 11) is 0. The Bertz CT molecular complexity index is 581. The summed E-state index contributed by atoms with van der Waals surface area (Å²) in [4.78, 5) is 27.3. The first-order valence-corrected chi connectivity index (χ1v) is 6.68. The lowest BCUT2D eigenvalue weighted by atomic mass is 10.1. The Hall–Kier alpha value is -2.63. The highest BCUT2D eigenvalue weighted by molar-refractivity contribution is 5.91. The standard InChI is InChI=1S/C15H17N3O3/c1-11(12-4-7-16-8-5-12)18-14(19)6-9-17-15(20)13-3-2-10-21-13/h2-5,7-8,10-11H,6,9H2,1H3,(H,17,20)(H,18,19). The van der Waals surface area contributed by atoms with Crippen molar-refractivity contribution in [3.05, 3.63) is 54.2 Å². The van der Waals surface area contributed by atoms with Crippen molar-refractivity contribution in [2.45, 2.75) is 19.4 Å². The fourth-order valence-electron chi connectivity index (χ4n) is 1.83. The molecular weight excluding hydrogens is 270 g/mol. The lowest BCUT2D eigenvalue weighted by Crippen LogP contribution is -2.31. The van der Waals surface area contributed by atoms with E-state index in [1.807, 2.05) is 19.1 Å². The van der Waals surface area contributed by atoms with Gasteiger partial charge in [0.1, 0.15) is 0 Å². The molecule has 0 spiro atoms. The van der Waals surface area contributed by atoms with E-state index in [4.69, 9.17) is 4.42 Å². The fraction of sp³-hybridized carbons (Fsp3) is 0.267. The molecule has 1 atom stereocenters. The van der Waals surface area contributed by atoms with Crippen LogP contribution in [0, 0.1) is 0 Å². The Balaban J connectivity index is 1.71. The molecule has 0 bridgehead atoms. The smallest absolute Gasteiger partial charge is 0.286 e. The van der Waals surface area contributed by atoms with Crippen LogP contribution in [-0.2, 0) is 4.79 Å². The molecule has 6 heteroatoms. The first-order valence-electron chi connectivity index (χ1n) is 6.68. The third-order valence-electron chi connectivity index (χ3n) is 2.97. The summed E-state index contributed by atoms with van der Waals surface area (Å²) in [5, 5.41) is 5.49. The molecular formula is C15H17N3O3. The van der Waals surface area contributed by atoms with Crippen LogP contribution < -0.4 is 10.6 Å². The van der Waals surface area contributed by atoms with Gasteiger partial charge in [0.25, 0.3) is 5.91 Å². The molecule has 2 amide bonds. The Kier molecular flexibility index (Phi) is 5.09. The number of carbonyl (C=O) groups excluding carboxylic acids is 2. The SMILES string of the molecule is CC(NC(=O)CCNC(=O)c1ccco1)c1ccncc1. The molecule has 2 heterocycles. The molecule has 0 aliphatic rings. The Morgan fingerprint density at radius 1 is 1.29 bits per heavy atom. The Morgan fingerprint density at radius 3 is 2.71 bits per heavy atom. The number of furan rings is 1. The van der Waals surface area contributed by atoms with Crippen molar-refractivity contribution in [3.8, 4) is 0 Å². The number of pyridine rings is 1. The van der Waals surface area contributed by atoms with Crippen LogP contribution in [0.25, 0.3) is 0 Å². The molecule has 2 N–H and O–H groups in total. The van der Waals surface area contributed by atoms with Crippen LogP contribution in [0.15, 0.2) is 47.3 Å².